The van der Waals surface area contributed by atoms with E-state index in [1.165, 1.54) is 6.20 Å². The molecule has 1 N–H and O–H groups in total. The van der Waals surface area contributed by atoms with Crippen molar-refractivity contribution in [2.45, 2.75) is 13.8 Å². The lowest BCUT2D eigenvalue weighted by Gasteiger charge is -2.09. The van der Waals surface area contributed by atoms with Gasteiger partial charge in [-0.25, -0.2) is 9.67 Å². The molecule has 24 heavy (non-hydrogen) atoms. The number of rotatable bonds is 3. The van der Waals surface area contributed by atoms with Crippen molar-refractivity contribution in [2.75, 3.05) is 5.32 Å². The van der Waals surface area contributed by atoms with E-state index in [-0.39, 0.29) is 5.91 Å². The monoisotopic (exact) mass is 360 g/mol. The van der Waals surface area contributed by atoms with Gasteiger partial charge in [0.25, 0.3) is 5.91 Å². The Hall–Kier alpha value is -2.37. The van der Waals surface area contributed by atoms with Crippen LogP contribution in [0.25, 0.3) is 5.82 Å². The largest absolute Gasteiger partial charge is 0.322 e. The molecule has 3 rings (SSSR count). The fourth-order valence-corrected chi connectivity index (χ4v) is 2.75. The van der Waals surface area contributed by atoms with Crippen LogP contribution in [-0.2, 0) is 0 Å². The number of carbonyl (C=O) groups excluding carboxylic acids is 1. The molecule has 2 heterocycles. The zero-order valence-electron chi connectivity index (χ0n) is 13.0. The van der Waals surface area contributed by atoms with Crippen LogP contribution in [0.2, 0.25) is 10.0 Å². The first-order valence-corrected chi connectivity index (χ1v) is 7.96. The molecule has 0 radical (unpaired) electrons. The summed E-state index contributed by atoms with van der Waals surface area (Å²) in [4.78, 5) is 16.7. The predicted molar refractivity (Wildman–Crippen MR) is 95.2 cm³/mol. The van der Waals surface area contributed by atoms with Crippen LogP contribution < -0.4 is 5.32 Å². The summed E-state index contributed by atoms with van der Waals surface area (Å²) >= 11 is 12.2. The van der Waals surface area contributed by atoms with Crippen molar-refractivity contribution in [1.29, 1.82) is 0 Å². The maximum absolute atomic E-state index is 12.5. The lowest BCUT2D eigenvalue weighted by atomic mass is 10.2. The molecule has 0 bridgehead atoms. The van der Waals surface area contributed by atoms with Gasteiger partial charge in [-0.2, -0.15) is 5.10 Å². The summed E-state index contributed by atoms with van der Waals surface area (Å²) in [5, 5.41) is 8.03. The molecule has 7 heteroatoms. The molecular formula is C17H14Cl2N4O. The maximum Gasteiger partial charge on any atom is 0.259 e. The Balaban J connectivity index is 1.88. The lowest BCUT2D eigenvalue weighted by molar-refractivity contribution is 0.102. The molecule has 2 aromatic heterocycles. The quantitative estimate of drug-likeness (QED) is 0.750. The predicted octanol–water partition coefficient (Wildman–Crippen LogP) is 4.44. The number of pyridine rings is 1. The van der Waals surface area contributed by atoms with E-state index in [0.717, 1.165) is 5.56 Å². The first-order chi connectivity index (χ1) is 11.5. The number of benzene rings is 1. The molecule has 0 atom stereocenters. The van der Waals surface area contributed by atoms with E-state index in [9.17, 15) is 4.79 Å². The van der Waals surface area contributed by atoms with E-state index in [0.29, 0.717) is 32.8 Å². The molecule has 3 aromatic rings. The summed E-state index contributed by atoms with van der Waals surface area (Å²) in [5.41, 5.74) is 2.45. The Kier molecular flexibility index (Phi) is 4.55. The molecular weight excluding hydrogens is 347 g/mol. The van der Waals surface area contributed by atoms with Gasteiger partial charge < -0.3 is 5.32 Å². The summed E-state index contributed by atoms with van der Waals surface area (Å²) < 4.78 is 1.62. The molecule has 1 aromatic carbocycles. The minimum atomic E-state index is -0.286. The number of nitrogens with zero attached hydrogens (tertiary/aromatic N) is 3. The first-order valence-electron chi connectivity index (χ1n) is 7.20. The van der Waals surface area contributed by atoms with Gasteiger partial charge in [0.05, 0.1) is 17.5 Å². The van der Waals surface area contributed by atoms with Crippen LogP contribution in [0.15, 0.2) is 42.7 Å². The average Bonchev–Trinajstić information content (AvgIpc) is 2.95. The van der Waals surface area contributed by atoms with Crippen molar-refractivity contribution < 1.29 is 4.79 Å². The Labute approximate surface area is 149 Å². The van der Waals surface area contributed by atoms with Crippen LogP contribution in [0.1, 0.15) is 21.6 Å². The second kappa shape index (κ2) is 6.63. The van der Waals surface area contributed by atoms with E-state index in [1.54, 1.807) is 23.0 Å². The zero-order valence-corrected chi connectivity index (χ0v) is 14.6. The number of hydrogen-bond donors (Lipinski definition) is 1. The third-order valence-corrected chi connectivity index (χ3v) is 4.44. The molecule has 0 aliphatic carbocycles. The summed E-state index contributed by atoms with van der Waals surface area (Å²) in [6, 6.07) is 8.83. The van der Waals surface area contributed by atoms with Gasteiger partial charge in [0.15, 0.2) is 5.82 Å². The van der Waals surface area contributed by atoms with Gasteiger partial charge in [-0.05, 0) is 43.7 Å². The second-order valence-electron chi connectivity index (χ2n) is 5.26. The van der Waals surface area contributed by atoms with E-state index in [4.69, 9.17) is 23.2 Å². The van der Waals surface area contributed by atoms with Crippen molar-refractivity contribution in [1.82, 2.24) is 14.8 Å². The highest BCUT2D eigenvalue weighted by atomic mass is 35.5. The molecule has 0 aliphatic rings. The van der Waals surface area contributed by atoms with E-state index >= 15 is 0 Å². The van der Waals surface area contributed by atoms with Gasteiger partial charge in [0.2, 0.25) is 0 Å². The number of aromatic nitrogens is 3. The SMILES string of the molecule is Cc1c(Cl)cc(NC(=O)c2cnn(-c3ccccn3)c2C)cc1Cl. The van der Waals surface area contributed by atoms with Gasteiger partial charge in [-0.3, -0.25) is 4.79 Å². The van der Waals surface area contributed by atoms with E-state index in [2.05, 4.69) is 15.4 Å². The number of carbonyl (C=O) groups is 1. The summed E-state index contributed by atoms with van der Waals surface area (Å²) in [6.07, 6.45) is 3.18. The summed E-state index contributed by atoms with van der Waals surface area (Å²) in [7, 11) is 0. The van der Waals surface area contributed by atoms with Crippen LogP contribution in [0.4, 0.5) is 5.69 Å². The minimum Gasteiger partial charge on any atom is -0.322 e. The van der Waals surface area contributed by atoms with Gasteiger partial charge in [0, 0.05) is 21.9 Å². The van der Waals surface area contributed by atoms with Gasteiger partial charge >= 0.3 is 0 Å². The van der Waals surface area contributed by atoms with Crippen LogP contribution in [0.3, 0.4) is 0 Å². The summed E-state index contributed by atoms with van der Waals surface area (Å²) in [6.45, 7) is 3.63. The van der Waals surface area contributed by atoms with Gasteiger partial charge in [-0.1, -0.05) is 29.3 Å². The van der Waals surface area contributed by atoms with Gasteiger partial charge in [0.1, 0.15) is 0 Å². The minimum absolute atomic E-state index is 0.286. The highest BCUT2D eigenvalue weighted by Gasteiger charge is 2.16. The van der Waals surface area contributed by atoms with Gasteiger partial charge in [-0.15, -0.1) is 0 Å². The van der Waals surface area contributed by atoms with Crippen molar-refractivity contribution in [3.63, 3.8) is 0 Å². The number of nitrogens with one attached hydrogen (secondary N) is 1. The molecule has 1 amide bonds. The Bertz CT molecular complexity index is 883. The zero-order chi connectivity index (χ0) is 17.3. The van der Waals surface area contributed by atoms with Crippen LogP contribution in [-0.4, -0.2) is 20.7 Å². The van der Waals surface area contributed by atoms with Crippen LogP contribution in [0.5, 0.6) is 0 Å². The number of hydrogen-bond acceptors (Lipinski definition) is 3. The number of amides is 1. The maximum atomic E-state index is 12.5. The average molecular weight is 361 g/mol. The smallest absolute Gasteiger partial charge is 0.259 e. The second-order valence-corrected chi connectivity index (χ2v) is 6.08. The summed E-state index contributed by atoms with van der Waals surface area (Å²) in [5.74, 6) is 0.362. The molecule has 0 unspecified atom stereocenters. The first kappa shape index (κ1) is 16.5. The lowest BCUT2D eigenvalue weighted by Crippen LogP contribution is -2.13. The molecule has 0 aliphatic heterocycles. The van der Waals surface area contributed by atoms with Crippen molar-refractivity contribution in [2.24, 2.45) is 0 Å². The van der Waals surface area contributed by atoms with E-state index < -0.39 is 0 Å². The van der Waals surface area contributed by atoms with E-state index in [1.807, 2.05) is 32.0 Å². The van der Waals surface area contributed by atoms with Crippen LogP contribution in [0, 0.1) is 13.8 Å². The topological polar surface area (TPSA) is 59.8 Å². The van der Waals surface area contributed by atoms with Crippen molar-refractivity contribution >= 4 is 34.8 Å². The Morgan fingerprint density at radius 3 is 2.50 bits per heavy atom. The molecule has 0 saturated heterocycles. The molecule has 0 fully saturated rings. The van der Waals surface area contributed by atoms with Crippen molar-refractivity contribution in [3.8, 4) is 5.82 Å². The fraction of sp³-hybridized carbons (Fsp3) is 0.118. The Morgan fingerprint density at radius 2 is 1.88 bits per heavy atom. The Morgan fingerprint density at radius 1 is 1.17 bits per heavy atom. The number of anilines is 1. The standard InChI is InChI=1S/C17H14Cl2N4O/c1-10-14(18)7-12(8-15(10)19)22-17(24)13-9-21-23(11(13)2)16-5-3-4-6-20-16/h3-9H,1-2H3,(H,22,24). The molecule has 0 saturated carbocycles. The van der Waals surface area contributed by atoms with Crippen LogP contribution >= 0.6 is 23.2 Å². The molecule has 5 nitrogen and oxygen atoms in total. The third kappa shape index (κ3) is 3.13. The highest BCUT2D eigenvalue weighted by molar-refractivity contribution is 6.36. The highest BCUT2D eigenvalue weighted by Crippen LogP contribution is 2.28. The number of halogens is 2. The third-order valence-electron chi connectivity index (χ3n) is 3.66. The van der Waals surface area contributed by atoms with Crippen molar-refractivity contribution in [3.05, 3.63) is 69.6 Å². The molecule has 0 spiro atoms. The fourth-order valence-electron chi connectivity index (χ4n) is 2.26. The molecule has 122 valence electrons. The normalized spacial score (nSPS) is 10.7.